The third-order valence-electron chi connectivity index (χ3n) is 2.97. The van der Waals surface area contributed by atoms with Crippen molar-refractivity contribution >= 4 is 57.8 Å². The van der Waals surface area contributed by atoms with E-state index in [4.69, 9.17) is 27.9 Å². The first-order valence-corrected chi connectivity index (χ1v) is 8.45. The van der Waals surface area contributed by atoms with Gasteiger partial charge in [0.1, 0.15) is 12.4 Å². The van der Waals surface area contributed by atoms with Crippen molar-refractivity contribution in [1.82, 2.24) is 0 Å². The normalized spacial score (nSPS) is 10.8. The molecular formula is C17H13Cl2IO3. The minimum Gasteiger partial charge on any atom is -0.488 e. The van der Waals surface area contributed by atoms with Crippen molar-refractivity contribution in [2.45, 2.75) is 6.61 Å². The number of carbonyl (C=O) groups is 1. The van der Waals surface area contributed by atoms with Gasteiger partial charge >= 0.3 is 5.97 Å². The fraction of sp³-hybridized carbons (Fsp3) is 0.118. The Kier molecular flexibility index (Phi) is 6.74. The largest absolute Gasteiger partial charge is 0.488 e. The maximum absolute atomic E-state index is 11.1. The van der Waals surface area contributed by atoms with Crippen LogP contribution in [0.25, 0.3) is 6.08 Å². The van der Waals surface area contributed by atoms with E-state index in [9.17, 15) is 4.79 Å². The van der Waals surface area contributed by atoms with E-state index in [1.54, 1.807) is 18.2 Å². The van der Waals surface area contributed by atoms with Gasteiger partial charge in [-0.2, -0.15) is 0 Å². The molecule has 0 bridgehead atoms. The summed E-state index contributed by atoms with van der Waals surface area (Å²) in [5.74, 6) is 0.351. The van der Waals surface area contributed by atoms with Gasteiger partial charge in [-0.25, -0.2) is 4.79 Å². The first-order valence-electron chi connectivity index (χ1n) is 6.62. The van der Waals surface area contributed by atoms with E-state index in [0.29, 0.717) is 16.7 Å². The van der Waals surface area contributed by atoms with E-state index in [2.05, 4.69) is 27.3 Å². The molecular weight excluding hydrogens is 450 g/mol. The van der Waals surface area contributed by atoms with Crippen LogP contribution in [0.1, 0.15) is 11.1 Å². The first kappa shape index (κ1) is 18.1. The van der Waals surface area contributed by atoms with Gasteiger partial charge < -0.3 is 9.47 Å². The van der Waals surface area contributed by atoms with Crippen LogP contribution < -0.4 is 4.74 Å². The number of methoxy groups -OCH3 is 1. The Morgan fingerprint density at radius 3 is 2.65 bits per heavy atom. The molecule has 0 heterocycles. The van der Waals surface area contributed by atoms with Crippen molar-refractivity contribution in [3.63, 3.8) is 0 Å². The highest BCUT2D eigenvalue weighted by atomic mass is 127. The van der Waals surface area contributed by atoms with Crippen LogP contribution in [0.3, 0.4) is 0 Å². The molecule has 0 aromatic heterocycles. The van der Waals surface area contributed by atoms with E-state index < -0.39 is 5.97 Å². The zero-order valence-corrected chi connectivity index (χ0v) is 15.9. The topological polar surface area (TPSA) is 35.5 Å². The molecule has 0 radical (unpaired) electrons. The van der Waals surface area contributed by atoms with Crippen LogP contribution in [0.4, 0.5) is 0 Å². The van der Waals surface area contributed by atoms with E-state index >= 15 is 0 Å². The second-order valence-electron chi connectivity index (χ2n) is 4.57. The number of carbonyl (C=O) groups excluding carboxylic acids is 1. The van der Waals surface area contributed by atoms with Crippen molar-refractivity contribution in [3.05, 3.63) is 67.2 Å². The number of ether oxygens (including phenoxy) is 2. The molecule has 2 rings (SSSR count). The van der Waals surface area contributed by atoms with Gasteiger partial charge in [-0.1, -0.05) is 35.3 Å². The van der Waals surface area contributed by atoms with Gasteiger partial charge in [0, 0.05) is 21.7 Å². The predicted octanol–water partition coefficient (Wildman–Crippen LogP) is 5.36. The Morgan fingerprint density at radius 2 is 2.00 bits per heavy atom. The Bertz CT molecular complexity index is 745. The molecule has 0 fully saturated rings. The van der Waals surface area contributed by atoms with Crippen molar-refractivity contribution in [3.8, 4) is 5.75 Å². The third-order valence-corrected chi connectivity index (χ3v) is 4.40. The highest BCUT2D eigenvalue weighted by Crippen LogP contribution is 2.26. The Labute approximate surface area is 158 Å². The lowest BCUT2D eigenvalue weighted by Gasteiger charge is -2.10. The van der Waals surface area contributed by atoms with E-state index in [0.717, 1.165) is 20.4 Å². The lowest BCUT2D eigenvalue weighted by atomic mass is 10.2. The third kappa shape index (κ3) is 5.41. The number of esters is 1. The van der Waals surface area contributed by atoms with Gasteiger partial charge in [0.2, 0.25) is 0 Å². The summed E-state index contributed by atoms with van der Waals surface area (Å²) in [5.41, 5.74) is 1.75. The van der Waals surface area contributed by atoms with Crippen LogP contribution in [0, 0.1) is 3.57 Å². The second kappa shape index (κ2) is 8.57. The Morgan fingerprint density at radius 1 is 1.22 bits per heavy atom. The molecule has 0 N–H and O–H groups in total. The molecule has 0 aliphatic rings. The standard InChI is InChI=1S/C17H13Cl2IO3/c1-22-17(21)7-3-11-2-6-16(15(20)8-11)23-10-12-4-5-13(18)9-14(12)19/h2-9H,10H2,1H3/b7-3+. The van der Waals surface area contributed by atoms with E-state index in [1.165, 1.54) is 13.2 Å². The highest BCUT2D eigenvalue weighted by Gasteiger charge is 2.06. The lowest BCUT2D eigenvalue weighted by molar-refractivity contribution is -0.134. The maximum atomic E-state index is 11.1. The van der Waals surface area contributed by atoms with Gasteiger partial charge in [-0.3, -0.25) is 0 Å². The summed E-state index contributed by atoms with van der Waals surface area (Å²) in [6.45, 7) is 0.351. The van der Waals surface area contributed by atoms with Crippen LogP contribution in [0.2, 0.25) is 10.0 Å². The number of rotatable bonds is 5. The summed E-state index contributed by atoms with van der Waals surface area (Å²) >= 11 is 14.2. The van der Waals surface area contributed by atoms with Gasteiger partial charge in [-0.05, 0) is 58.5 Å². The summed E-state index contributed by atoms with van der Waals surface area (Å²) in [6, 6.07) is 10.9. The van der Waals surface area contributed by atoms with Crippen molar-refractivity contribution in [2.24, 2.45) is 0 Å². The molecule has 0 saturated heterocycles. The SMILES string of the molecule is COC(=O)/C=C/c1ccc(OCc2ccc(Cl)cc2Cl)c(I)c1. The molecule has 0 saturated carbocycles. The average Bonchev–Trinajstić information content (AvgIpc) is 2.53. The van der Waals surface area contributed by atoms with Gasteiger partial charge in [0.25, 0.3) is 0 Å². The number of halogens is 3. The molecule has 0 spiro atoms. The fourth-order valence-electron chi connectivity index (χ4n) is 1.76. The zero-order chi connectivity index (χ0) is 16.8. The van der Waals surface area contributed by atoms with E-state index in [-0.39, 0.29) is 0 Å². The van der Waals surface area contributed by atoms with Crippen LogP contribution >= 0.6 is 45.8 Å². The molecule has 6 heteroatoms. The summed E-state index contributed by atoms with van der Waals surface area (Å²) in [6.07, 6.45) is 3.06. The molecule has 2 aromatic carbocycles. The number of hydrogen-bond donors (Lipinski definition) is 0. The minimum absolute atomic E-state index is 0.351. The Hall–Kier alpha value is -1.24. The van der Waals surface area contributed by atoms with Crippen molar-refractivity contribution < 1.29 is 14.3 Å². The van der Waals surface area contributed by atoms with Crippen LogP contribution in [0.15, 0.2) is 42.5 Å². The summed E-state index contributed by atoms with van der Waals surface area (Å²) < 4.78 is 11.3. The molecule has 2 aromatic rings. The van der Waals surface area contributed by atoms with Gasteiger partial charge in [0.15, 0.2) is 0 Å². The average molecular weight is 463 g/mol. The molecule has 0 unspecified atom stereocenters. The van der Waals surface area contributed by atoms with E-state index in [1.807, 2.05) is 24.3 Å². The molecule has 0 atom stereocenters. The maximum Gasteiger partial charge on any atom is 0.330 e. The van der Waals surface area contributed by atoms with Gasteiger partial charge in [0.05, 0.1) is 10.7 Å². The molecule has 3 nitrogen and oxygen atoms in total. The van der Waals surface area contributed by atoms with Crippen LogP contribution in [0.5, 0.6) is 5.75 Å². The second-order valence-corrected chi connectivity index (χ2v) is 6.58. The predicted molar refractivity (Wildman–Crippen MR) is 101 cm³/mol. The summed E-state index contributed by atoms with van der Waals surface area (Å²) in [7, 11) is 1.34. The van der Waals surface area contributed by atoms with Crippen LogP contribution in [-0.4, -0.2) is 13.1 Å². The minimum atomic E-state index is -0.391. The highest BCUT2D eigenvalue weighted by molar-refractivity contribution is 14.1. The molecule has 120 valence electrons. The first-order chi connectivity index (χ1) is 11.0. The lowest BCUT2D eigenvalue weighted by Crippen LogP contribution is -1.98. The zero-order valence-electron chi connectivity index (χ0n) is 12.2. The summed E-state index contributed by atoms with van der Waals surface area (Å²) in [5, 5.41) is 1.17. The van der Waals surface area contributed by atoms with Crippen molar-refractivity contribution in [1.29, 1.82) is 0 Å². The smallest absolute Gasteiger partial charge is 0.330 e. The Balaban J connectivity index is 2.06. The van der Waals surface area contributed by atoms with Gasteiger partial charge in [-0.15, -0.1) is 0 Å². The van der Waals surface area contributed by atoms with Crippen LogP contribution in [-0.2, 0) is 16.1 Å². The molecule has 0 amide bonds. The fourth-order valence-corrected chi connectivity index (χ4v) is 2.92. The monoisotopic (exact) mass is 462 g/mol. The molecule has 0 aliphatic heterocycles. The number of benzene rings is 2. The quantitative estimate of drug-likeness (QED) is 0.340. The molecule has 23 heavy (non-hydrogen) atoms. The van der Waals surface area contributed by atoms with Crippen molar-refractivity contribution in [2.75, 3.05) is 7.11 Å². The summed E-state index contributed by atoms with van der Waals surface area (Å²) in [4.78, 5) is 11.1. The number of hydrogen-bond acceptors (Lipinski definition) is 3. The molecule has 0 aliphatic carbocycles.